The van der Waals surface area contributed by atoms with Gasteiger partial charge in [0.1, 0.15) is 17.5 Å². The molecule has 6 atom stereocenters. The van der Waals surface area contributed by atoms with Crippen LogP contribution in [0.5, 0.6) is 0 Å². The van der Waals surface area contributed by atoms with E-state index < -0.39 is 62.0 Å². The van der Waals surface area contributed by atoms with Gasteiger partial charge in [0, 0.05) is 17.3 Å². The summed E-state index contributed by atoms with van der Waals surface area (Å²) in [6, 6.07) is 8.97. The van der Waals surface area contributed by atoms with E-state index in [9.17, 15) is 36.6 Å². The second kappa shape index (κ2) is 10.4. The van der Waals surface area contributed by atoms with E-state index in [-0.39, 0.29) is 45.6 Å². The highest BCUT2D eigenvalue weighted by Crippen LogP contribution is 2.58. The quantitative estimate of drug-likeness (QED) is 0.367. The average molecular weight is 595 g/mol. The van der Waals surface area contributed by atoms with E-state index in [4.69, 9.17) is 11.6 Å². The molecule has 2 aromatic carbocycles. The van der Waals surface area contributed by atoms with Gasteiger partial charge in [-0.2, -0.15) is 0 Å². The number of carbonyl (C=O) groups is 1. The van der Waals surface area contributed by atoms with Crippen LogP contribution in [0.2, 0.25) is 5.02 Å². The normalized spacial score (nSPS) is 26.9. The lowest BCUT2D eigenvalue weighted by Gasteiger charge is -2.45. The zero-order valence-corrected chi connectivity index (χ0v) is 22.8. The number of halogens is 4. The molecule has 0 saturated heterocycles. The van der Waals surface area contributed by atoms with Crippen LogP contribution in [0.25, 0.3) is 0 Å². The molecule has 2 aliphatic carbocycles. The molecule has 2 saturated carbocycles. The number of pyridine rings is 1. The van der Waals surface area contributed by atoms with Crippen LogP contribution in [0.1, 0.15) is 48.3 Å². The molecule has 3 N–H and O–H groups in total. The van der Waals surface area contributed by atoms with Crippen LogP contribution in [0.15, 0.2) is 59.6 Å². The number of amides is 1. The summed E-state index contributed by atoms with van der Waals surface area (Å²) in [5.74, 6) is -4.89. The number of sulfone groups is 1. The molecular weight excluding hydrogens is 569 g/mol. The zero-order valence-electron chi connectivity index (χ0n) is 21.2. The lowest BCUT2D eigenvalue weighted by Crippen LogP contribution is -2.52. The van der Waals surface area contributed by atoms with Crippen LogP contribution in [-0.2, 0) is 9.84 Å². The van der Waals surface area contributed by atoms with Gasteiger partial charge in [-0.3, -0.25) is 9.78 Å². The molecule has 2 aliphatic rings. The number of carbonyl (C=O) groups excluding carboxylic acids is 1. The molecule has 1 aromatic heterocycles. The van der Waals surface area contributed by atoms with Crippen molar-refractivity contribution in [2.75, 3.05) is 5.32 Å². The molecule has 5 rings (SSSR count). The van der Waals surface area contributed by atoms with Crippen LogP contribution in [0.3, 0.4) is 0 Å². The monoisotopic (exact) mass is 594 g/mol. The van der Waals surface area contributed by atoms with Gasteiger partial charge in [-0.15, -0.1) is 0 Å². The number of aliphatic hydroxyl groups is 2. The van der Waals surface area contributed by atoms with Gasteiger partial charge >= 0.3 is 0 Å². The van der Waals surface area contributed by atoms with E-state index >= 15 is 0 Å². The van der Waals surface area contributed by atoms with Crippen molar-refractivity contribution in [2.24, 2.45) is 17.8 Å². The maximum Gasteiger partial charge on any atom is 0.255 e. The van der Waals surface area contributed by atoms with Crippen LogP contribution in [-0.4, -0.2) is 40.4 Å². The third kappa shape index (κ3) is 4.89. The third-order valence-electron chi connectivity index (χ3n) is 8.24. The number of nitrogens with zero attached hydrogens (tertiary/aromatic N) is 1. The van der Waals surface area contributed by atoms with Crippen molar-refractivity contribution in [1.29, 1.82) is 0 Å². The predicted octanol–water partition coefficient (Wildman–Crippen LogP) is 5.08. The van der Waals surface area contributed by atoms with Crippen LogP contribution < -0.4 is 5.32 Å². The summed E-state index contributed by atoms with van der Waals surface area (Å²) in [4.78, 5) is 16.4. The summed E-state index contributed by atoms with van der Waals surface area (Å²) in [5, 5.41) is 24.2. The Balaban J connectivity index is 1.41. The number of benzene rings is 2. The number of aromatic nitrogens is 1. The molecule has 7 nitrogen and oxygen atoms in total. The molecule has 212 valence electrons. The Morgan fingerprint density at radius 1 is 1.07 bits per heavy atom. The molecule has 0 spiro atoms. The smallest absolute Gasteiger partial charge is 0.255 e. The standard InChI is InChI=1S/C28H26ClF3N2O5S/c1-14-8-16-10-19(12-20(14)28(16,37)26(35)24-7-3-17(30)13-33-24)40(38,39)25-9-15(2-5-21(25)29)27(36)34-18-4-6-22(31)23(32)11-18/h2-7,9,11,13-14,16,19-20,26,35,37H,8,10,12H2,1H3,(H,34,36)/t14-,16?,19?,20?,26?,28+/m0/s1. The first kappa shape index (κ1) is 28.5. The summed E-state index contributed by atoms with van der Waals surface area (Å²) in [5.41, 5.74) is -1.65. The molecule has 12 heteroatoms. The largest absolute Gasteiger partial charge is 0.386 e. The average Bonchev–Trinajstić information content (AvgIpc) is 3.03. The Kier molecular flexibility index (Phi) is 7.45. The van der Waals surface area contributed by atoms with Gasteiger partial charge in [0.15, 0.2) is 21.5 Å². The lowest BCUT2D eigenvalue weighted by molar-refractivity contribution is -0.149. The molecule has 2 fully saturated rings. The van der Waals surface area contributed by atoms with E-state index in [0.717, 1.165) is 30.5 Å². The molecule has 40 heavy (non-hydrogen) atoms. The topological polar surface area (TPSA) is 117 Å². The van der Waals surface area contributed by atoms with Gasteiger partial charge in [-0.05, 0) is 79.5 Å². The summed E-state index contributed by atoms with van der Waals surface area (Å²) < 4.78 is 67.8. The van der Waals surface area contributed by atoms with Crippen molar-refractivity contribution in [1.82, 2.24) is 4.98 Å². The first-order valence-corrected chi connectivity index (χ1v) is 14.6. The maximum absolute atomic E-state index is 13.8. The molecule has 4 unspecified atom stereocenters. The number of fused-ring (bicyclic) bond motifs is 2. The number of anilines is 1. The van der Waals surface area contributed by atoms with Gasteiger partial charge in [-0.25, -0.2) is 21.6 Å². The van der Waals surface area contributed by atoms with E-state index in [1.54, 1.807) is 0 Å². The summed E-state index contributed by atoms with van der Waals surface area (Å²) >= 11 is 6.29. The summed E-state index contributed by atoms with van der Waals surface area (Å²) in [6.07, 6.45) is 0.0240. The number of hydrogen-bond acceptors (Lipinski definition) is 6. The third-order valence-corrected chi connectivity index (χ3v) is 10.9. The van der Waals surface area contributed by atoms with Crippen LogP contribution in [0.4, 0.5) is 18.9 Å². The van der Waals surface area contributed by atoms with Crippen LogP contribution >= 0.6 is 11.6 Å². The highest BCUT2D eigenvalue weighted by molar-refractivity contribution is 7.92. The van der Waals surface area contributed by atoms with Crippen molar-refractivity contribution in [3.63, 3.8) is 0 Å². The molecule has 0 aliphatic heterocycles. The van der Waals surface area contributed by atoms with Gasteiger partial charge in [-0.1, -0.05) is 18.5 Å². The second-order valence-electron chi connectivity index (χ2n) is 10.6. The number of rotatable bonds is 6. The Morgan fingerprint density at radius 3 is 2.48 bits per heavy atom. The van der Waals surface area contributed by atoms with Gasteiger partial charge < -0.3 is 15.5 Å². The van der Waals surface area contributed by atoms with Gasteiger partial charge in [0.25, 0.3) is 5.91 Å². The first-order chi connectivity index (χ1) is 18.8. The van der Waals surface area contributed by atoms with Gasteiger partial charge in [0.05, 0.1) is 27.1 Å². The molecule has 3 aromatic rings. The van der Waals surface area contributed by atoms with E-state index in [1.807, 2.05) is 6.92 Å². The number of nitrogens with one attached hydrogen (secondary N) is 1. The van der Waals surface area contributed by atoms with Crippen molar-refractivity contribution in [3.8, 4) is 0 Å². The Morgan fingerprint density at radius 2 is 1.82 bits per heavy atom. The van der Waals surface area contributed by atoms with E-state index in [0.29, 0.717) is 6.42 Å². The van der Waals surface area contributed by atoms with E-state index in [1.165, 1.54) is 24.3 Å². The minimum Gasteiger partial charge on any atom is -0.386 e. The van der Waals surface area contributed by atoms with Gasteiger partial charge in [0.2, 0.25) is 0 Å². The SMILES string of the molecule is C[C@H]1CC2CC(S(=O)(=O)c3cc(C(=O)Nc4ccc(F)c(F)c4)ccc3Cl)CC1[C@@]2(O)C(O)c1ccc(F)cn1. The highest BCUT2D eigenvalue weighted by Gasteiger charge is 2.62. The Labute approximate surface area is 233 Å². The minimum atomic E-state index is -4.11. The Bertz CT molecular complexity index is 1570. The summed E-state index contributed by atoms with van der Waals surface area (Å²) in [6.45, 7) is 1.88. The number of aliphatic hydroxyl groups excluding tert-OH is 1. The van der Waals surface area contributed by atoms with Crippen molar-refractivity contribution >= 4 is 33.0 Å². The second-order valence-corrected chi connectivity index (χ2v) is 13.2. The Hall–Kier alpha value is -2.99. The molecular formula is C28H26ClF3N2O5S. The lowest BCUT2D eigenvalue weighted by atomic mass is 9.69. The van der Waals surface area contributed by atoms with Crippen molar-refractivity contribution in [2.45, 2.75) is 48.0 Å². The molecule has 1 amide bonds. The molecule has 1 heterocycles. The first-order valence-electron chi connectivity index (χ1n) is 12.6. The van der Waals surface area contributed by atoms with Crippen molar-refractivity contribution in [3.05, 3.63) is 88.5 Å². The number of hydrogen-bond donors (Lipinski definition) is 3. The fourth-order valence-electron chi connectivity index (χ4n) is 6.25. The van der Waals surface area contributed by atoms with E-state index in [2.05, 4.69) is 10.3 Å². The fraction of sp³-hybridized carbons (Fsp3) is 0.357. The maximum atomic E-state index is 13.8. The predicted molar refractivity (Wildman–Crippen MR) is 141 cm³/mol. The molecule has 0 radical (unpaired) electrons. The minimum absolute atomic E-state index is 0.0189. The van der Waals surface area contributed by atoms with Crippen molar-refractivity contribution < 1.29 is 36.6 Å². The highest BCUT2D eigenvalue weighted by atomic mass is 35.5. The summed E-state index contributed by atoms with van der Waals surface area (Å²) in [7, 11) is -4.11. The zero-order chi connectivity index (χ0) is 29.0. The van der Waals surface area contributed by atoms with Crippen LogP contribution in [0, 0.1) is 35.2 Å². The fourth-order valence-corrected chi connectivity index (χ4v) is 8.62. The molecule has 2 bridgehead atoms.